The molecule has 0 heterocycles. The van der Waals surface area contributed by atoms with E-state index in [1.807, 2.05) is 43.4 Å². The second kappa shape index (κ2) is 6.56. The Bertz CT molecular complexity index is 646. The summed E-state index contributed by atoms with van der Waals surface area (Å²) < 4.78 is 1.07. The number of nitrogens with zero attached hydrogens (tertiary/aromatic N) is 2. The molecule has 2 N–H and O–H groups in total. The lowest BCUT2D eigenvalue weighted by atomic mass is 10.1. The minimum absolute atomic E-state index is 0.447. The number of halogens is 1. The van der Waals surface area contributed by atoms with Crippen LogP contribution in [0, 0.1) is 11.3 Å². The standard InChI is InChI=1S/C16H16BrN3/c1-20(11-13-4-2-3-5-15(13)17)16-7-6-12(9-18)8-14(16)10-19/h2-8H,9,11,18H2,1H3. The highest BCUT2D eigenvalue weighted by molar-refractivity contribution is 9.10. The van der Waals surface area contributed by atoms with Crippen molar-refractivity contribution in [1.82, 2.24) is 0 Å². The van der Waals surface area contributed by atoms with Crippen molar-refractivity contribution in [3.05, 3.63) is 63.6 Å². The fraction of sp³-hybridized carbons (Fsp3) is 0.188. The van der Waals surface area contributed by atoms with Gasteiger partial charge in [-0.15, -0.1) is 0 Å². The highest BCUT2D eigenvalue weighted by atomic mass is 79.9. The van der Waals surface area contributed by atoms with Gasteiger partial charge < -0.3 is 10.6 Å². The molecule has 0 saturated heterocycles. The van der Waals surface area contributed by atoms with Crippen molar-refractivity contribution in [3.8, 4) is 6.07 Å². The van der Waals surface area contributed by atoms with Crippen molar-refractivity contribution in [3.63, 3.8) is 0 Å². The van der Waals surface area contributed by atoms with Crippen LogP contribution in [0.3, 0.4) is 0 Å². The Labute approximate surface area is 127 Å². The van der Waals surface area contributed by atoms with Crippen LogP contribution in [0.4, 0.5) is 5.69 Å². The first-order chi connectivity index (χ1) is 9.65. The van der Waals surface area contributed by atoms with Gasteiger partial charge in [0.05, 0.1) is 11.3 Å². The number of nitriles is 1. The molecule has 2 rings (SSSR count). The van der Waals surface area contributed by atoms with Crippen LogP contribution in [0.25, 0.3) is 0 Å². The number of nitrogens with two attached hydrogens (primary N) is 1. The maximum Gasteiger partial charge on any atom is 0.101 e. The van der Waals surface area contributed by atoms with Gasteiger partial charge in [0.25, 0.3) is 0 Å². The van der Waals surface area contributed by atoms with E-state index in [1.54, 1.807) is 0 Å². The van der Waals surface area contributed by atoms with Gasteiger partial charge in [-0.25, -0.2) is 0 Å². The number of hydrogen-bond donors (Lipinski definition) is 1. The Morgan fingerprint density at radius 2 is 2.00 bits per heavy atom. The Morgan fingerprint density at radius 1 is 1.25 bits per heavy atom. The quantitative estimate of drug-likeness (QED) is 0.935. The molecule has 0 saturated carbocycles. The molecule has 0 aliphatic heterocycles. The van der Waals surface area contributed by atoms with Gasteiger partial charge in [0, 0.05) is 24.6 Å². The third kappa shape index (κ3) is 3.19. The summed E-state index contributed by atoms with van der Waals surface area (Å²) >= 11 is 3.55. The molecule has 0 atom stereocenters. The Balaban J connectivity index is 2.28. The van der Waals surface area contributed by atoms with Crippen LogP contribution in [0.15, 0.2) is 46.9 Å². The molecule has 0 aliphatic carbocycles. The van der Waals surface area contributed by atoms with E-state index in [0.717, 1.165) is 22.3 Å². The first-order valence-corrected chi connectivity index (χ1v) is 7.12. The maximum absolute atomic E-state index is 9.28. The summed E-state index contributed by atoms with van der Waals surface area (Å²) in [5, 5.41) is 9.28. The van der Waals surface area contributed by atoms with Gasteiger partial charge in [-0.2, -0.15) is 5.26 Å². The van der Waals surface area contributed by atoms with Gasteiger partial charge in [0.1, 0.15) is 6.07 Å². The van der Waals surface area contributed by atoms with Crippen LogP contribution in [0.2, 0.25) is 0 Å². The average Bonchev–Trinajstić information content (AvgIpc) is 2.48. The van der Waals surface area contributed by atoms with Crippen LogP contribution < -0.4 is 10.6 Å². The summed E-state index contributed by atoms with van der Waals surface area (Å²) in [6, 6.07) is 16.1. The van der Waals surface area contributed by atoms with Crippen LogP contribution in [-0.4, -0.2) is 7.05 Å². The van der Waals surface area contributed by atoms with E-state index in [-0.39, 0.29) is 0 Å². The van der Waals surface area contributed by atoms with Crippen molar-refractivity contribution in [2.24, 2.45) is 5.73 Å². The SMILES string of the molecule is CN(Cc1ccccc1Br)c1ccc(CN)cc1C#N. The molecule has 20 heavy (non-hydrogen) atoms. The first kappa shape index (κ1) is 14.6. The Morgan fingerprint density at radius 3 is 2.65 bits per heavy atom. The Kier molecular flexibility index (Phi) is 4.78. The highest BCUT2D eigenvalue weighted by Gasteiger charge is 2.10. The van der Waals surface area contributed by atoms with E-state index < -0.39 is 0 Å². The summed E-state index contributed by atoms with van der Waals surface area (Å²) in [7, 11) is 1.98. The lowest BCUT2D eigenvalue weighted by molar-refractivity contribution is 0.914. The summed E-state index contributed by atoms with van der Waals surface area (Å²) in [6.45, 7) is 1.18. The molecule has 0 aromatic heterocycles. The summed E-state index contributed by atoms with van der Waals surface area (Å²) in [4.78, 5) is 2.07. The molecule has 0 unspecified atom stereocenters. The van der Waals surface area contributed by atoms with Gasteiger partial charge in [-0.05, 0) is 29.3 Å². The van der Waals surface area contributed by atoms with Gasteiger partial charge in [-0.1, -0.05) is 40.2 Å². The predicted molar refractivity (Wildman–Crippen MR) is 85.3 cm³/mol. The van der Waals surface area contributed by atoms with Gasteiger partial charge >= 0.3 is 0 Å². The number of rotatable bonds is 4. The number of benzene rings is 2. The predicted octanol–water partition coefficient (Wildman–Crippen LogP) is 3.42. The molecule has 0 aliphatic rings. The molecule has 102 valence electrons. The molecule has 4 heteroatoms. The van der Waals surface area contributed by atoms with E-state index in [2.05, 4.69) is 33.0 Å². The molecule has 0 radical (unpaired) electrons. The lowest BCUT2D eigenvalue weighted by Crippen LogP contribution is -2.18. The molecule has 0 fully saturated rings. The van der Waals surface area contributed by atoms with Crippen molar-refractivity contribution < 1.29 is 0 Å². The van der Waals surface area contributed by atoms with E-state index in [4.69, 9.17) is 5.73 Å². The number of anilines is 1. The lowest BCUT2D eigenvalue weighted by Gasteiger charge is -2.21. The first-order valence-electron chi connectivity index (χ1n) is 6.33. The van der Waals surface area contributed by atoms with Crippen molar-refractivity contribution in [2.45, 2.75) is 13.1 Å². The molecule has 0 spiro atoms. The van der Waals surface area contributed by atoms with Crippen molar-refractivity contribution in [1.29, 1.82) is 5.26 Å². The van der Waals surface area contributed by atoms with Gasteiger partial charge in [0.15, 0.2) is 0 Å². The molecular weight excluding hydrogens is 314 g/mol. The maximum atomic E-state index is 9.28. The van der Waals surface area contributed by atoms with Crippen LogP contribution in [0.1, 0.15) is 16.7 Å². The van der Waals surface area contributed by atoms with Gasteiger partial charge in [0.2, 0.25) is 0 Å². The van der Waals surface area contributed by atoms with Gasteiger partial charge in [-0.3, -0.25) is 0 Å². The molecular formula is C16H16BrN3. The van der Waals surface area contributed by atoms with Crippen LogP contribution in [-0.2, 0) is 13.1 Å². The zero-order valence-corrected chi connectivity index (χ0v) is 12.9. The molecule has 0 amide bonds. The highest BCUT2D eigenvalue weighted by Crippen LogP contribution is 2.24. The molecule has 3 nitrogen and oxygen atoms in total. The fourth-order valence-electron chi connectivity index (χ4n) is 2.10. The Hall–Kier alpha value is -1.83. The average molecular weight is 330 g/mol. The normalized spacial score (nSPS) is 10.1. The second-order valence-electron chi connectivity index (χ2n) is 4.61. The molecule has 2 aromatic carbocycles. The largest absolute Gasteiger partial charge is 0.369 e. The summed E-state index contributed by atoms with van der Waals surface area (Å²) in [5.74, 6) is 0. The number of hydrogen-bond acceptors (Lipinski definition) is 3. The molecule has 2 aromatic rings. The van der Waals surface area contributed by atoms with Crippen molar-refractivity contribution >= 4 is 21.6 Å². The fourth-order valence-corrected chi connectivity index (χ4v) is 2.51. The molecule has 0 bridgehead atoms. The van der Waals surface area contributed by atoms with E-state index in [0.29, 0.717) is 12.1 Å². The minimum atomic E-state index is 0.447. The monoisotopic (exact) mass is 329 g/mol. The smallest absolute Gasteiger partial charge is 0.101 e. The third-order valence-electron chi connectivity index (χ3n) is 3.19. The summed E-state index contributed by atoms with van der Waals surface area (Å²) in [6.07, 6.45) is 0. The zero-order valence-electron chi connectivity index (χ0n) is 11.3. The third-order valence-corrected chi connectivity index (χ3v) is 3.97. The van der Waals surface area contributed by atoms with Crippen LogP contribution in [0.5, 0.6) is 0 Å². The topological polar surface area (TPSA) is 53.0 Å². The van der Waals surface area contributed by atoms with E-state index in [1.165, 1.54) is 5.56 Å². The zero-order chi connectivity index (χ0) is 14.5. The van der Waals surface area contributed by atoms with E-state index >= 15 is 0 Å². The summed E-state index contributed by atoms with van der Waals surface area (Å²) in [5.41, 5.74) is 9.34. The second-order valence-corrected chi connectivity index (χ2v) is 5.47. The van der Waals surface area contributed by atoms with E-state index in [9.17, 15) is 5.26 Å². The van der Waals surface area contributed by atoms with Crippen molar-refractivity contribution in [2.75, 3.05) is 11.9 Å². The van der Waals surface area contributed by atoms with Crippen LogP contribution >= 0.6 is 15.9 Å². The minimum Gasteiger partial charge on any atom is -0.369 e.